The van der Waals surface area contributed by atoms with Gasteiger partial charge in [-0.1, -0.05) is 6.07 Å². The SMILES string of the molecule is CCN(c1nc(C)nc(N)c1C=N)[C@@H](C)c1ccc(=O)[nH]c1. The third kappa shape index (κ3) is 2.98. The molecule has 7 heteroatoms. The molecule has 0 bridgehead atoms. The fourth-order valence-electron chi connectivity index (χ4n) is 2.41. The van der Waals surface area contributed by atoms with Crippen molar-refractivity contribution in [1.82, 2.24) is 15.0 Å². The van der Waals surface area contributed by atoms with Crippen LogP contribution in [0, 0.1) is 12.3 Å². The second kappa shape index (κ2) is 6.38. The van der Waals surface area contributed by atoms with Crippen LogP contribution in [0.1, 0.15) is 36.8 Å². The van der Waals surface area contributed by atoms with Crippen LogP contribution in [0.2, 0.25) is 0 Å². The number of hydrogen-bond donors (Lipinski definition) is 3. The second-order valence-electron chi connectivity index (χ2n) is 4.99. The number of hydrogen-bond acceptors (Lipinski definition) is 6. The van der Waals surface area contributed by atoms with Crippen molar-refractivity contribution >= 4 is 17.9 Å². The second-order valence-corrected chi connectivity index (χ2v) is 4.99. The molecule has 0 aliphatic carbocycles. The topological polar surface area (TPSA) is 112 Å². The summed E-state index contributed by atoms with van der Waals surface area (Å²) >= 11 is 0. The van der Waals surface area contributed by atoms with Crippen LogP contribution in [0.15, 0.2) is 23.1 Å². The Morgan fingerprint density at radius 3 is 2.73 bits per heavy atom. The molecule has 116 valence electrons. The molecule has 0 unspecified atom stereocenters. The zero-order chi connectivity index (χ0) is 16.3. The largest absolute Gasteiger partial charge is 0.383 e. The van der Waals surface area contributed by atoms with Gasteiger partial charge in [-0.05, 0) is 26.3 Å². The summed E-state index contributed by atoms with van der Waals surface area (Å²) < 4.78 is 0. The first kappa shape index (κ1) is 15.7. The first-order chi connectivity index (χ1) is 10.5. The summed E-state index contributed by atoms with van der Waals surface area (Å²) in [6, 6.07) is 3.25. The highest BCUT2D eigenvalue weighted by Gasteiger charge is 2.21. The van der Waals surface area contributed by atoms with E-state index in [-0.39, 0.29) is 11.6 Å². The standard InChI is InChI=1S/C15H20N6O/c1-4-21(9(2)11-5-6-13(22)18-8-11)15-12(7-16)14(17)19-10(3)20-15/h5-9,16H,4H2,1-3H3,(H,18,22)(H2,17,19,20)/t9-/m0/s1. The van der Waals surface area contributed by atoms with Gasteiger partial charge >= 0.3 is 0 Å². The minimum Gasteiger partial charge on any atom is -0.383 e. The van der Waals surface area contributed by atoms with Crippen molar-refractivity contribution in [3.63, 3.8) is 0 Å². The predicted molar refractivity (Wildman–Crippen MR) is 87.6 cm³/mol. The van der Waals surface area contributed by atoms with Crippen LogP contribution in [0.3, 0.4) is 0 Å². The molecule has 7 nitrogen and oxygen atoms in total. The van der Waals surface area contributed by atoms with Gasteiger partial charge in [0.15, 0.2) is 0 Å². The van der Waals surface area contributed by atoms with Gasteiger partial charge in [0, 0.05) is 25.0 Å². The number of nitrogens with zero attached hydrogens (tertiary/aromatic N) is 3. The van der Waals surface area contributed by atoms with E-state index in [0.717, 1.165) is 5.56 Å². The van der Waals surface area contributed by atoms with Crippen LogP contribution in [0.5, 0.6) is 0 Å². The van der Waals surface area contributed by atoms with E-state index in [1.54, 1.807) is 19.2 Å². The zero-order valence-corrected chi connectivity index (χ0v) is 12.9. The lowest BCUT2D eigenvalue weighted by Gasteiger charge is -2.30. The monoisotopic (exact) mass is 300 g/mol. The Labute approximate surface area is 128 Å². The Kier molecular flexibility index (Phi) is 4.55. The summed E-state index contributed by atoms with van der Waals surface area (Å²) in [5, 5.41) is 7.58. The van der Waals surface area contributed by atoms with Crippen molar-refractivity contribution in [2.45, 2.75) is 26.8 Å². The summed E-state index contributed by atoms with van der Waals surface area (Å²) in [6.45, 7) is 6.46. The van der Waals surface area contributed by atoms with Crippen molar-refractivity contribution < 1.29 is 0 Å². The minimum atomic E-state index is -0.138. The Hall–Kier alpha value is -2.70. The highest BCUT2D eigenvalue weighted by atomic mass is 16.1. The van der Waals surface area contributed by atoms with E-state index < -0.39 is 0 Å². The summed E-state index contributed by atoms with van der Waals surface area (Å²) in [6.07, 6.45) is 2.86. The van der Waals surface area contributed by atoms with Crippen molar-refractivity contribution in [3.8, 4) is 0 Å². The van der Waals surface area contributed by atoms with Gasteiger partial charge in [0.05, 0.1) is 11.6 Å². The fraction of sp³-hybridized carbons (Fsp3) is 0.333. The number of nitrogens with one attached hydrogen (secondary N) is 2. The minimum absolute atomic E-state index is 0.0331. The molecular formula is C15H20N6O. The van der Waals surface area contributed by atoms with Gasteiger partial charge in [-0.3, -0.25) is 4.79 Å². The Balaban J connectivity index is 2.50. The Morgan fingerprint density at radius 2 is 2.18 bits per heavy atom. The highest BCUT2D eigenvalue weighted by molar-refractivity contribution is 5.90. The molecule has 1 atom stereocenters. The van der Waals surface area contributed by atoms with Crippen LogP contribution in [0.25, 0.3) is 0 Å². The third-order valence-corrected chi connectivity index (χ3v) is 3.58. The van der Waals surface area contributed by atoms with Crippen molar-refractivity contribution in [2.24, 2.45) is 0 Å². The summed E-state index contributed by atoms with van der Waals surface area (Å²) in [5.74, 6) is 1.48. The molecule has 0 saturated heterocycles. The van der Waals surface area contributed by atoms with Crippen LogP contribution in [-0.4, -0.2) is 27.7 Å². The van der Waals surface area contributed by atoms with Gasteiger partial charge in [0.2, 0.25) is 5.56 Å². The van der Waals surface area contributed by atoms with E-state index in [0.29, 0.717) is 29.6 Å². The lowest BCUT2D eigenvalue weighted by molar-refractivity contribution is 0.673. The molecular weight excluding hydrogens is 280 g/mol. The van der Waals surface area contributed by atoms with E-state index in [1.165, 1.54) is 12.3 Å². The van der Waals surface area contributed by atoms with E-state index in [1.807, 2.05) is 18.7 Å². The number of H-pyrrole nitrogens is 1. The van der Waals surface area contributed by atoms with E-state index >= 15 is 0 Å². The fourth-order valence-corrected chi connectivity index (χ4v) is 2.41. The summed E-state index contributed by atoms with van der Waals surface area (Å²) in [7, 11) is 0. The first-order valence-corrected chi connectivity index (χ1v) is 7.07. The molecule has 0 aliphatic rings. The van der Waals surface area contributed by atoms with Gasteiger partial charge in [0.25, 0.3) is 0 Å². The third-order valence-electron chi connectivity index (χ3n) is 3.58. The van der Waals surface area contributed by atoms with Gasteiger partial charge in [-0.15, -0.1) is 0 Å². The number of aromatic amines is 1. The molecule has 0 amide bonds. The van der Waals surface area contributed by atoms with E-state index in [9.17, 15) is 4.79 Å². The number of rotatable bonds is 5. The van der Waals surface area contributed by atoms with E-state index in [4.69, 9.17) is 11.1 Å². The molecule has 2 aromatic heterocycles. The van der Waals surface area contributed by atoms with Crippen LogP contribution >= 0.6 is 0 Å². The number of pyridine rings is 1. The normalized spacial score (nSPS) is 12.0. The number of aromatic nitrogens is 3. The number of anilines is 2. The maximum atomic E-state index is 11.2. The quantitative estimate of drug-likeness (QED) is 0.727. The number of aryl methyl sites for hydroxylation is 1. The van der Waals surface area contributed by atoms with E-state index in [2.05, 4.69) is 15.0 Å². The lowest BCUT2D eigenvalue weighted by atomic mass is 10.1. The number of nitrogen functional groups attached to an aromatic ring is 1. The molecule has 2 heterocycles. The molecule has 0 spiro atoms. The molecule has 4 N–H and O–H groups in total. The van der Waals surface area contributed by atoms with Crippen LogP contribution in [-0.2, 0) is 0 Å². The average Bonchev–Trinajstić information content (AvgIpc) is 2.48. The first-order valence-electron chi connectivity index (χ1n) is 7.07. The molecule has 0 radical (unpaired) electrons. The molecule has 22 heavy (non-hydrogen) atoms. The van der Waals surface area contributed by atoms with Crippen LogP contribution in [0.4, 0.5) is 11.6 Å². The van der Waals surface area contributed by atoms with Gasteiger partial charge in [0.1, 0.15) is 17.5 Å². The van der Waals surface area contributed by atoms with Crippen molar-refractivity contribution in [1.29, 1.82) is 5.41 Å². The van der Waals surface area contributed by atoms with Gasteiger partial charge in [-0.2, -0.15) is 0 Å². The smallest absolute Gasteiger partial charge is 0.247 e. The highest BCUT2D eigenvalue weighted by Crippen LogP contribution is 2.28. The Morgan fingerprint density at radius 1 is 1.45 bits per heavy atom. The number of nitrogens with two attached hydrogens (primary N) is 1. The zero-order valence-electron chi connectivity index (χ0n) is 12.9. The van der Waals surface area contributed by atoms with Crippen molar-refractivity contribution in [2.75, 3.05) is 17.2 Å². The molecule has 0 fully saturated rings. The van der Waals surface area contributed by atoms with Gasteiger partial charge < -0.3 is 21.0 Å². The lowest BCUT2D eigenvalue weighted by Crippen LogP contribution is -2.29. The molecule has 2 rings (SSSR count). The Bertz CT molecular complexity index is 719. The summed E-state index contributed by atoms with van der Waals surface area (Å²) in [5.41, 5.74) is 7.22. The van der Waals surface area contributed by atoms with Crippen LogP contribution < -0.4 is 16.2 Å². The van der Waals surface area contributed by atoms with Gasteiger partial charge in [-0.25, -0.2) is 9.97 Å². The average molecular weight is 300 g/mol. The van der Waals surface area contributed by atoms with Crippen molar-refractivity contribution in [3.05, 3.63) is 45.6 Å². The summed E-state index contributed by atoms with van der Waals surface area (Å²) in [4.78, 5) is 24.5. The maximum absolute atomic E-state index is 11.2. The molecule has 2 aromatic rings. The molecule has 0 aromatic carbocycles. The molecule has 0 aliphatic heterocycles. The molecule has 0 saturated carbocycles. The predicted octanol–water partition coefficient (Wildman–Crippen LogP) is 1.64. The maximum Gasteiger partial charge on any atom is 0.247 e.